The van der Waals surface area contributed by atoms with Crippen molar-refractivity contribution in [3.63, 3.8) is 0 Å². The molecule has 1 fully saturated rings. The first-order chi connectivity index (χ1) is 10.6. The van der Waals surface area contributed by atoms with Gasteiger partial charge in [-0.25, -0.2) is 0 Å². The zero-order chi connectivity index (χ0) is 15.5. The Morgan fingerprint density at radius 3 is 2.95 bits per heavy atom. The number of amidine groups is 1. The number of benzene rings is 1. The van der Waals surface area contributed by atoms with Gasteiger partial charge in [0.1, 0.15) is 5.25 Å². The first kappa shape index (κ1) is 14.8. The van der Waals surface area contributed by atoms with Gasteiger partial charge in [-0.3, -0.25) is 9.59 Å². The van der Waals surface area contributed by atoms with Crippen LogP contribution < -0.4 is 5.32 Å². The van der Waals surface area contributed by atoms with Crippen molar-refractivity contribution >= 4 is 34.5 Å². The van der Waals surface area contributed by atoms with E-state index in [9.17, 15) is 9.59 Å². The zero-order valence-electron chi connectivity index (χ0n) is 11.8. The Bertz CT molecular complexity index is 684. The quantitative estimate of drug-likeness (QED) is 0.832. The Balaban J connectivity index is 1.77. The molecule has 1 amide bonds. The summed E-state index contributed by atoms with van der Waals surface area (Å²) in [5.74, 6) is -1.32. The minimum atomic E-state index is -0.999. The van der Waals surface area contributed by atoms with Gasteiger partial charge < -0.3 is 10.4 Å². The Hall–Kier alpha value is -2.15. The lowest BCUT2D eigenvalue weighted by Gasteiger charge is -2.16. The highest BCUT2D eigenvalue weighted by Gasteiger charge is 2.32. The van der Waals surface area contributed by atoms with E-state index in [2.05, 4.69) is 21.6 Å². The topological polar surface area (TPSA) is 91.1 Å². The second-order valence-electron chi connectivity index (χ2n) is 5.16. The van der Waals surface area contributed by atoms with E-state index in [0.29, 0.717) is 5.17 Å². The van der Waals surface area contributed by atoms with Crippen LogP contribution in [0.3, 0.4) is 0 Å². The molecule has 6 nitrogen and oxygen atoms in total. The van der Waals surface area contributed by atoms with Crippen molar-refractivity contribution in [2.24, 2.45) is 10.2 Å². The molecule has 0 unspecified atom stereocenters. The number of carboxylic acid groups (broad SMARTS) is 1. The van der Waals surface area contributed by atoms with Crippen LogP contribution in [-0.2, 0) is 16.0 Å². The van der Waals surface area contributed by atoms with Crippen LogP contribution in [0, 0.1) is 0 Å². The number of hydrogen-bond donors (Lipinski definition) is 2. The van der Waals surface area contributed by atoms with E-state index in [1.54, 1.807) is 0 Å². The van der Waals surface area contributed by atoms with Gasteiger partial charge in [0.05, 0.1) is 12.1 Å². The molecular weight excluding hydrogens is 302 g/mol. The molecular formula is C15H15N3O3S. The molecule has 1 saturated heterocycles. The van der Waals surface area contributed by atoms with Crippen LogP contribution in [0.25, 0.3) is 0 Å². The predicted molar refractivity (Wildman–Crippen MR) is 85.1 cm³/mol. The fourth-order valence-corrected chi connectivity index (χ4v) is 3.46. The molecule has 1 atom stereocenters. The molecule has 22 heavy (non-hydrogen) atoms. The van der Waals surface area contributed by atoms with Crippen molar-refractivity contribution < 1.29 is 14.7 Å². The average Bonchev–Trinajstić information content (AvgIpc) is 2.84. The van der Waals surface area contributed by atoms with Gasteiger partial charge in [-0.2, -0.15) is 5.10 Å². The Kier molecular flexibility index (Phi) is 4.24. The van der Waals surface area contributed by atoms with Crippen molar-refractivity contribution in [1.29, 1.82) is 0 Å². The molecule has 1 aliphatic heterocycles. The van der Waals surface area contributed by atoms with E-state index in [4.69, 9.17) is 5.11 Å². The Morgan fingerprint density at radius 1 is 1.32 bits per heavy atom. The van der Waals surface area contributed by atoms with E-state index in [1.807, 2.05) is 18.2 Å². The predicted octanol–water partition coefficient (Wildman–Crippen LogP) is 1.79. The van der Waals surface area contributed by atoms with Gasteiger partial charge in [-0.05, 0) is 24.8 Å². The third-order valence-corrected chi connectivity index (χ3v) is 4.66. The molecule has 0 spiro atoms. The standard InChI is InChI=1S/C15H15N3O3S/c19-13(20)8-12-14(21)16-15(22-12)18-17-11-7-3-5-9-4-1-2-6-10(9)11/h1-2,4,6,12H,3,5,7-8H2,(H,19,20)(H,16,18,21)/t12-/m1/s1. The maximum atomic E-state index is 11.6. The smallest absolute Gasteiger partial charge is 0.305 e. The number of carboxylic acids is 1. The highest BCUT2D eigenvalue weighted by atomic mass is 32.2. The number of hydrogen-bond acceptors (Lipinski definition) is 5. The molecule has 3 rings (SSSR count). The normalized spacial score (nSPS) is 24.4. The lowest BCUT2D eigenvalue weighted by molar-refractivity contribution is -0.138. The third kappa shape index (κ3) is 3.19. The molecule has 0 bridgehead atoms. The monoisotopic (exact) mass is 317 g/mol. The molecule has 2 N–H and O–H groups in total. The third-order valence-electron chi connectivity index (χ3n) is 3.59. The van der Waals surface area contributed by atoms with Crippen molar-refractivity contribution in [2.75, 3.05) is 0 Å². The summed E-state index contributed by atoms with van der Waals surface area (Å²) in [5, 5.41) is 19.4. The minimum absolute atomic E-state index is 0.213. The summed E-state index contributed by atoms with van der Waals surface area (Å²) < 4.78 is 0. The fourth-order valence-electron chi connectivity index (χ4n) is 2.56. The number of nitrogens with zero attached hydrogens (tertiary/aromatic N) is 2. The molecule has 114 valence electrons. The first-order valence-corrected chi connectivity index (χ1v) is 7.93. The Labute approximate surface area is 131 Å². The van der Waals surface area contributed by atoms with E-state index < -0.39 is 11.2 Å². The summed E-state index contributed by atoms with van der Waals surface area (Å²) in [5.41, 5.74) is 3.28. The summed E-state index contributed by atoms with van der Waals surface area (Å²) in [6, 6.07) is 8.10. The average molecular weight is 317 g/mol. The lowest BCUT2D eigenvalue weighted by atomic mass is 9.90. The SMILES string of the molecule is O=C(O)C[C@H]1SC(=NN=C2CCCc3ccccc32)NC1=O. The van der Waals surface area contributed by atoms with Gasteiger partial charge in [0.15, 0.2) is 5.17 Å². The summed E-state index contributed by atoms with van der Waals surface area (Å²) in [6.45, 7) is 0. The minimum Gasteiger partial charge on any atom is -0.481 e. The van der Waals surface area contributed by atoms with E-state index >= 15 is 0 Å². The number of aliphatic carboxylic acids is 1. The summed E-state index contributed by atoms with van der Waals surface area (Å²) >= 11 is 1.12. The van der Waals surface area contributed by atoms with Crippen LogP contribution in [0.4, 0.5) is 0 Å². The summed E-state index contributed by atoms with van der Waals surface area (Å²) in [7, 11) is 0. The Morgan fingerprint density at radius 2 is 2.14 bits per heavy atom. The summed E-state index contributed by atoms with van der Waals surface area (Å²) in [6.07, 6.45) is 2.71. The van der Waals surface area contributed by atoms with Crippen LogP contribution in [0.2, 0.25) is 0 Å². The molecule has 0 radical (unpaired) electrons. The van der Waals surface area contributed by atoms with Crippen LogP contribution in [-0.4, -0.2) is 33.1 Å². The van der Waals surface area contributed by atoms with Gasteiger partial charge in [0, 0.05) is 5.56 Å². The van der Waals surface area contributed by atoms with Gasteiger partial charge >= 0.3 is 5.97 Å². The van der Waals surface area contributed by atoms with Gasteiger partial charge in [0.25, 0.3) is 0 Å². The molecule has 0 saturated carbocycles. The lowest BCUT2D eigenvalue weighted by Crippen LogP contribution is -2.26. The summed E-state index contributed by atoms with van der Waals surface area (Å²) in [4.78, 5) is 22.3. The number of aryl methyl sites for hydroxylation is 1. The maximum Gasteiger partial charge on any atom is 0.305 e. The van der Waals surface area contributed by atoms with Crippen LogP contribution in [0.15, 0.2) is 34.5 Å². The van der Waals surface area contributed by atoms with E-state index in [0.717, 1.165) is 42.3 Å². The van der Waals surface area contributed by atoms with Crippen molar-refractivity contribution in [3.05, 3.63) is 35.4 Å². The second kappa shape index (κ2) is 6.31. The number of carbonyl (C=O) groups is 2. The molecule has 1 aromatic rings. The molecule has 1 aromatic carbocycles. The zero-order valence-corrected chi connectivity index (χ0v) is 12.6. The maximum absolute atomic E-state index is 11.6. The fraction of sp³-hybridized carbons (Fsp3) is 0.333. The van der Waals surface area contributed by atoms with E-state index in [-0.39, 0.29) is 12.3 Å². The van der Waals surface area contributed by atoms with Gasteiger partial charge in [-0.15, -0.1) is 5.10 Å². The van der Waals surface area contributed by atoms with Crippen LogP contribution in [0.5, 0.6) is 0 Å². The van der Waals surface area contributed by atoms with Crippen molar-refractivity contribution in [3.8, 4) is 0 Å². The van der Waals surface area contributed by atoms with Crippen molar-refractivity contribution in [2.45, 2.75) is 30.9 Å². The molecule has 7 heteroatoms. The molecule has 2 aliphatic rings. The highest BCUT2D eigenvalue weighted by Crippen LogP contribution is 2.24. The van der Waals surface area contributed by atoms with Crippen molar-refractivity contribution in [1.82, 2.24) is 5.32 Å². The first-order valence-electron chi connectivity index (χ1n) is 7.05. The van der Waals surface area contributed by atoms with Gasteiger partial charge in [-0.1, -0.05) is 36.0 Å². The highest BCUT2D eigenvalue weighted by molar-refractivity contribution is 8.15. The number of fused-ring (bicyclic) bond motifs is 1. The number of rotatable bonds is 3. The second-order valence-corrected chi connectivity index (χ2v) is 6.35. The molecule has 1 heterocycles. The number of amides is 1. The van der Waals surface area contributed by atoms with Crippen LogP contribution >= 0.6 is 11.8 Å². The van der Waals surface area contributed by atoms with E-state index in [1.165, 1.54) is 5.56 Å². The van der Waals surface area contributed by atoms with Gasteiger partial charge in [0.2, 0.25) is 5.91 Å². The van der Waals surface area contributed by atoms with Crippen LogP contribution in [0.1, 0.15) is 30.4 Å². The largest absolute Gasteiger partial charge is 0.481 e. The molecule has 0 aromatic heterocycles. The number of nitrogens with one attached hydrogen (secondary N) is 1. The number of thioether (sulfide) groups is 1. The molecule has 1 aliphatic carbocycles. The number of carbonyl (C=O) groups excluding carboxylic acids is 1.